The molecule has 0 aliphatic carbocycles. The van der Waals surface area contributed by atoms with E-state index < -0.39 is 0 Å². The maximum Gasteiger partial charge on any atom is 0.220 e. The van der Waals surface area contributed by atoms with Gasteiger partial charge in [-0.25, -0.2) is 4.98 Å². The number of benzene rings is 2. The molecule has 3 nitrogen and oxygen atoms in total. The molecule has 0 saturated carbocycles. The molecule has 4 heteroatoms. The molecule has 0 aliphatic heterocycles. The summed E-state index contributed by atoms with van der Waals surface area (Å²) in [5, 5.41) is 0. The molecule has 0 aliphatic rings. The van der Waals surface area contributed by atoms with Crippen molar-refractivity contribution in [3.05, 3.63) is 58.4 Å². The van der Waals surface area contributed by atoms with Gasteiger partial charge in [0.1, 0.15) is 5.52 Å². The summed E-state index contributed by atoms with van der Waals surface area (Å²) < 4.78 is 6.68. The van der Waals surface area contributed by atoms with Gasteiger partial charge in [-0.05, 0) is 42.0 Å². The van der Waals surface area contributed by atoms with Crippen molar-refractivity contribution < 1.29 is 4.42 Å². The minimum atomic E-state index is 0.611. The zero-order valence-electron chi connectivity index (χ0n) is 11.9. The second-order valence-electron chi connectivity index (χ2n) is 4.98. The van der Waals surface area contributed by atoms with Crippen LogP contribution in [0.15, 0.2) is 51.4 Å². The maximum atomic E-state index is 5.70. The Morgan fingerprint density at radius 1 is 1.05 bits per heavy atom. The summed E-state index contributed by atoms with van der Waals surface area (Å²) in [5.74, 6) is 0.611. The van der Waals surface area contributed by atoms with Crippen LogP contribution in [0.2, 0.25) is 0 Å². The van der Waals surface area contributed by atoms with Gasteiger partial charge in [0.05, 0.1) is 0 Å². The van der Waals surface area contributed by atoms with Gasteiger partial charge in [-0.1, -0.05) is 28.1 Å². The molecule has 1 aromatic heterocycles. The first kappa shape index (κ1) is 13.9. The lowest BCUT2D eigenvalue weighted by atomic mass is 10.2. The van der Waals surface area contributed by atoms with Crippen molar-refractivity contribution >= 4 is 44.9 Å². The fraction of sp³-hybridized carbons (Fsp3) is 0.118. The Bertz CT molecular complexity index is 788. The lowest BCUT2D eigenvalue weighted by molar-refractivity contribution is 0.589. The van der Waals surface area contributed by atoms with Crippen molar-refractivity contribution in [1.29, 1.82) is 0 Å². The van der Waals surface area contributed by atoms with Crippen molar-refractivity contribution in [2.45, 2.75) is 0 Å². The molecule has 0 N–H and O–H groups in total. The van der Waals surface area contributed by atoms with Gasteiger partial charge in [-0.3, -0.25) is 0 Å². The summed E-state index contributed by atoms with van der Waals surface area (Å²) >= 11 is 3.43. The summed E-state index contributed by atoms with van der Waals surface area (Å²) in [6.45, 7) is 0. The van der Waals surface area contributed by atoms with Crippen molar-refractivity contribution in [3.63, 3.8) is 0 Å². The average Bonchev–Trinajstić information content (AvgIpc) is 2.87. The van der Waals surface area contributed by atoms with Crippen LogP contribution in [0.3, 0.4) is 0 Å². The van der Waals surface area contributed by atoms with E-state index in [2.05, 4.69) is 50.1 Å². The Morgan fingerprint density at radius 3 is 2.52 bits per heavy atom. The fourth-order valence-electron chi connectivity index (χ4n) is 2.04. The van der Waals surface area contributed by atoms with E-state index in [1.165, 1.54) is 5.69 Å². The molecule has 106 valence electrons. The summed E-state index contributed by atoms with van der Waals surface area (Å²) in [4.78, 5) is 6.51. The van der Waals surface area contributed by atoms with Crippen LogP contribution in [-0.2, 0) is 0 Å². The van der Waals surface area contributed by atoms with E-state index in [0.29, 0.717) is 5.89 Å². The molecule has 0 amide bonds. The van der Waals surface area contributed by atoms with E-state index in [4.69, 9.17) is 4.42 Å². The smallest absolute Gasteiger partial charge is 0.220 e. The van der Waals surface area contributed by atoms with Gasteiger partial charge < -0.3 is 9.32 Å². The van der Waals surface area contributed by atoms with E-state index in [1.807, 2.05) is 44.4 Å². The molecular weight excluding hydrogens is 328 g/mol. The average molecular weight is 343 g/mol. The summed E-state index contributed by atoms with van der Waals surface area (Å²) in [6.07, 6.45) is 3.89. The molecule has 0 bridgehead atoms. The number of hydrogen-bond acceptors (Lipinski definition) is 3. The third-order valence-electron chi connectivity index (χ3n) is 3.19. The number of nitrogens with zero attached hydrogens (tertiary/aromatic N) is 2. The Kier molecular flexibility index (Phi) is 3.80. The first-order valence-electron chi connectivity index (χ1n) is 6.63. The molecule has 0 radical (unpaired) electrons. The third-order valence-corrected chi connectivity index (χ3v) is 3.69. The fourth-order valence-corrected chi connectivity index (χ4v) is 2.38. The van der Waals surface area contributed by atoms with Gasteiger partial charge in [0.25, 0.3) is 0 Å². The number of rotatable bonds is 3. The van der Waals surface area contributed by atoms with E-state index in [1.54, 1.807) is 0 Å². The molecule has 1 heterocycles. The van der Waals surface area contributed by atoms with E-state index in [9.17, 15) is 0 Å². The molecule has 0 spiro atoms. The van der Waals surface area contributed by atoms with Gasteiger partial charge in [-0.2, -0.15) is 0 Å². The normalized spacial score (nSPS) is 11.4. The molecule has 0 saturated heterocycles. The van der Waals surface area contributed by atoms with Crippen molar-refractivity contribution in [1.82, 2.24) is 4.98 Å². The summed E-state index contributed by atoms with van der Waals surface area (Å²) in [7, 11) is 4.06. The highest BCUT2D eigenvalue weighted by molar-refractivity contribution is 9.10. The van der Waals surface area contributed by atoms with Gasteiger partial charge in [-0.15, -0.1) is 0 Å². The Labute approximate surface area is 132 Å². The molecular formula is C17H15BrN2O. The highest BCUT2D eigenvalue weighted by Crippen LogP contribution is 2.21. The number of anilines is 1. The van der Waals surface area contributed by atoms with E-state index >= 15 is 0 Å². The number of oxazole rings is 1. The van der Waals surface area contributed by atoms with Crippen LogP contribution in [-0.4, -0.2) is 19.1 Å². The van der Waals surface area contributed by atoms with Crippen LogP contribution in [0.1, 0.15) is 11.5 Å². The van der Waals surface area contributed by atoms with Crippen molar-refractivity contribution in [3.8, 4) is 0 Å². The largest absolute Gasteiger partial charge is 0.437 e. The van der Waals surface area contributed by atoms with Crippen LogP contribution in [0.25, 0.3) is 23.3 Å². The van der Waals surface area contributed by atoms with E-state index in [0.717, 1.165) is 21.1 Å². The molecule has 2 aromatic carbocycles. The lowest BCUT2D eigenvalue weighted by Crippen LogP contribution is -2.07. The third kappa shape index (κ3) is 3.16. The molecule has 3 rings (SSSR count). The van der Waals surface area contributed by atoms with Crippen LogP contribution in [0.5, 0.6) is 0 Å². The Hall–Kier alpha value is -2.07. The second-order valence-corrected chi connectivity index (χ2v) is 5.90. The standard InChI is InChI=1S/C17H15BrN2O/c1-20(2)14-7-3-12(4-8-14)5-10-17-19-15-9-6-13(18)11-16(15)21-17/h3-11H,1-2H3/b10-5+. The highest BCUT2D eigenvalue weighted by atomic mass is 79.9. The van der Waals surface area contributed by atoms with E-state index in [-0.39, 0.29) is 0 Å². The molecule has 0 fully saturated rings. The lowest BCUT2D eigenvalue weighted by Gasteiger charge is -2.11. The number of halogens is 1. The van der Waals surface area contributed by atoms with Crippen LogP contribution in [0, 0.1) is 0 Å². The van der Waals surface area contributed by atoms with Gasteiger partial charge in [0.2, 0.25) is 5.89 Å². The number of hydrogen-bond donors (Lipinski definition) is 0. The Morgan fingerprint density at radius 2 is 1.81 bits per heavy atom. The zero-order chi connectivity index (χ0) is 14.8. The molecule has 0 unspecified atom stereocenters. The minimum Gasteiger partial charge on any atom is -0.437 e. The Balaban J connectivity index is 1.83. The number of aromatic nitrogens is 1. The topological polar surface area (TPSA) is 29.3 Å². The minimum absolute atomic E-state index is 0.611. The second kappa shape index (κ2) is 5.74. The van der Waals surface area contributed by atoms with Gasteiger partial charge >= 0.3 is 0 Å². The SMILES string of the molecule is CN(C)c1ccc(/C=C/c2nc3ccc(Br)cc3o2)cc1. The van der Waals surface area contributed by atoms with Crippen LogP contribution in [0.4, 0.5) is 5.69 Å². The molecule has 3 aromatic rings. The summed E-state index contributed by atoms with van der Waals surface area (Å²) in [6, 6.07) is 14.1. The van der Waals surface area contributed by atoms with Crippen molar-refractivity contribution in [2.75, 3.05) is 19.0 Å². The number of fused-ring (bicyclic) bond motifs is 1. The quantitative estimate of drug-likeness (QED) is 0.682. The molecule has 21 heavy (non-hydrogen) atoms. The van der Waals surface area contributed by atoms with Crippen LogP contribution >= 0.6 is 15.9 Å². The monoisotopic (exact) mass is 342 g/mol. The predicted molar refractivity (Wildman–Crippen MR) is 91.4 cm³/mol. The van der Waals surface area contributed by atoms with Crippen molar-refractivity contribution in [2.24, 2.45) is 0 Å². The zero-order valence-corrected chi connectivity index (χ0v) is 13.5. The maximum absolute atomic E-state index is 5.70. The van der Waals surface area contributed by atoms with Gasteiger partial charge in [0, 0.05) is 30.3 Å². The van der Waals surface area contributed by atoms with Crippen LogP contribution < -0.4 is 4.90 Å². The first-order valence-corrected chi connectivity index (χ1v) is 7.43. The predicted octanol–water partition coefficient (Wildman–Crippen LogP) is 4.83. The van der Waals surface area contributed by atoms with Gasteiger partial charge in [0.15, 0.2) is 5.58 Å². The first-order chi connectivity index (χ1) is 10.1. The molecule has 0 atom stereocenters. The highest BCUT2D eigenvalue weighted by Gasteiger charge is 2.03. The summed E-state index contributed by atoms with van der Waals surface area (Å²) in [5.41, 5.74) is 3.94.